The maximum atomic E-state index is 11.3. The lowest BCUT2D eigenvalue weighted by atomic mass is 10.1. The number of carboxylic acids is 1. The maximum absolute atomic E-state index is 11.3. The molecular formula is C11H22N2O3. The standard InChI is InChI=1S/C11H22N2O3/c1-3-4-5-6-9(2)13-10(14)7-12-8-11(15)16/h9,12H,3-8H2,1-2H3,(H,13,14)(H,15,16). The highest BCUT2D eigenvalue weighted by atomic mass is 16.4. The molecule has 0 radical (unpaired) electrons. The number of nitrogens with one attached hydrogen (secondary N) is 2. The molecule has 0 aromatic carbocycles. The number of aliphatic carboxylic acids is 1. The first kappa shape index (κ1) is 14.9. The molecule has 0 aliphatic carbocycles. The van der Waals surface area contributed by atoms with Crippen LogP contribution in [0.2, 0.25) is 0 Å². The van der Waals surface area contributed by atoms with E-state index in [1.165, 1.54) is 12.8 Å². The van der Waals surface area contributed by atoms with Crippen molar-refractivity contribution in [1.29, 1.82) is 0 Å². The van der Waals surface area contributed by atoms with Crippen molar-refractivity contribution in [2.45, 2.75) is 45.6 Å². The fourth-order valence-electron chi connectivity index (χ4n) is 1.38. The van der Waals surface area contributed by atoms with Crippen LogP contribution >= 0.6 is 0 Å². The Morgan fingerprint density at radius 2 is 1.94 bits per heavy atom. The molecule has 1 amide bonds. The Bertz CT molecular complexity index is 219. The predicted molar refractivity (Wildman–Crippen MR) is 62.3 cm³/mol. The number of hydrogen-bond donors (Lipinski definition) is 3. The van der Waals surface area contributed by atoms with E-state index in [-0.39, 0.29) is 25.0 Å². The fourth-order valence-corrected chi connectivity index (χ4v) is 1.38. The molecule has 1 unspecified atom stereocenters. The molecule has 0 spiro atoms. The largest absolute Gasteiger partial charge is 0.480 e. The van der Waals surface area contributed by atoms with Crippen LogP contribution in [0.3, 0.4) is 0 Å². The van der Waals surface area contributed by atoms with E-state index in [9.17, 15) is 9.59 Å². The van der Waals surface area contributed by atoms with Gasteiger partial charge in [-0.3, -0.25) is 14.9 Å². The summed E-state index contributed by atoms with van der Waals surface area (Å²) in [6, 6.07) is 0.158. The van der Waals surface area contributed by atoms with E-state index in [2.05, 4.69) is 17.6 Å². The first-order valence-corrected chi connectivity index (χ1v) is 5.78. The highest BCUT2D eigenvalue weighted by Gasteiger charge is 2.06. The molecule has 16 heavy (non-hydrogen) atoms. The molecule has 5 heteroatoms. The van der Waals surface area contributed by atoms with Gasteiger partial charge in [-0.2, -0.15) is 0 Å². The highest BCUT2D eigenvalue weighted by Crippen LogP contribution is 2.02. The summed E-state index contributed by atoms with van der Waals surface area (Å²) in [7, 11) is 0. The van der Waals surface area contributed by atoms with Crippen molar-refractivity contribution >= 4 is 11.9 Å². The average molecular weight is 230 g/mol. The number of unbranched alkanes of at least 4 members (excludes halogenated alkanes) is 2. The Hall–Kier alpha value is -1.10. The van der Waals surface area contributed by atoms with Crippen molar-refractivity contribution in [3.05, 3.63) is 0 Å². The van der Waals surface area contributed by atoms with Crippen molar-refractivity contribution in [3.63, 3.8) is 0 Å². The third kappa shape index (κ3) is 9.45. The smallest absolute Gasteiger partial charge is 0.317 e. The molecule has 0 fully saturated rings. The minimum Gasteiger partial charge on any atom is -0.480 e. The van der Waals surface area contributed by atoms with Crippen molar-refractivity contribution in [1.82, 2.24) is 10.6 Å². The normalized spacial score (nSPS) is 12.1. The van der Waals surface area contributed by atoms with Gasteiger partial charge >= 0.3 is 5.97 Å². The Labute approximate surface area is 96.6 Å². The second-order valence-corrected chi connectivity index (χ2v) is 3.96. The molecular weight excluding hydrogens is 208 g/mol. The first-order chi connectivity index (χ1) is 7.56. The molecule has 0 aromatic rings. The first-order valence-electron chi connectivity index (χ1n) is 5.78. The zero-order valence-electron chi connectivity index (χ0n) is 10.1. The molecule has 0 heterocycles. The molecule has 3 N–H and O–H groups in total. The number of carbonyl (C=O) groups excluding carboxylic acids is 1. The molecule has 0 aromatic heterocycles. The van der Waals surface area contributed by atoms with Crippen LogP contribution < -0.4 is 10.6 Å². The van der Waals surface area contributed by atoms with Gasteiger partial charge in [0.25, 0.3) is 0 Å². The number of carbonyl (C=O) groups is 2. The van der Waals surface area contributed by atoms with Gasteiger partial charge in [-0.1, -0.05) is 26.2 Å². The van der Waals surface area contributed by atoms with E-state index in [0.29, 0.717) is 0 Å². The van der Waals surface area contributed by atoms with Crippen LogP contribution in [0.25, 0.3) is 0 Å². The van der Waals surface area contributed by atoms with Gasteiger partial charge in [0, 0.05) is 6.04 Å². The Morgan fingerprint density at radius 3 is 2.50 bits per heavy atom. The van der Waals surface area contributed by atoms with Crippen molar-refractivity contribution in [3.8, 4) is 0 Å². The second-order valence-electron chi connectivity index (χ2n) is 3.96. The van der Waals surface area contributed by atoms with Crippen molar-refractivity contribution < 1.29 is 14.7 Å². The summed E-state index contributed by atoms with van der Waals surface area (Å²) in [5.74, 6) is -1.10. The average Bonchev–Trinajstić information content (AvgIpc) is 2.17. The van der Waals surface area contributed by atoms with Crippen LogP contribution in [0.4, 0.5) is 0 Å². The molecule has 0 rings (SSSR count). The second kappa shape index (κ2) is 9.15. The number of hydrogen-bond acceptors (Lipinski definition) is 3. The molecule has 94 valence electrons. The van der Waals surface area contributed by atoms with E-state index >= 15 is 0 Å². The van der Waals surface area contributed by atoms with Gasteiger partial charge in [0.05, 0.1) is 13.1 Å². The maximum Gasteiger partial charge on any atom is 0.317 e. The van der Waals surface area contributed by atoms with E-state index in [1.807, 2.05) is 6.92 Å². The minimum atomic E-state index is -0.955. The number of rotatable bonds is 9. The lowest BCUT2D eigenvalue weighted by Gasteiger charge is -2.13. The van der Waals surface area contributed by atoms with Crippen LogP contribution in [-0.2, 0) is 9.59 Å². The van der Waals surface area contributed by atoms with E-state index in [0.717, 1.165) is 12.8 Å². The van der Waals surface area contributed by atoms with Gasteiger partial charge in [-0.25, -0.2) is 0 Å². The summed E-state index contributed by atoms with van der Waals surface area (Å²) >= 11 is 0. The molecule has 0 saturated heterocycles. The van der Waals surface area contributed by atoms with Gasteiger partial charge in [-0.15, -0.1) is 0 Å². The van der Waals surface area contributed by atoms with Crippen LogP contribution in [0, 0.1) is 0 Å². The summed E-state index contributed by atoms with van der Waals surface area (Å²) in [6.07, 6.45) is 4.43. The zero-order valence-corrected chi connectivity index (χ0v) is 10.1. The Kier molecular flexibility index (Phi) is 8.52. The highest BCUT2D eigenvalue weighted by molar-refractivity contribution is 5.79. The number of carboxylic acid groups (broad SMARTS) is 1. The fraction of sp³-hybridized carbons (Fsp3) is 0.818. The summed E-state index contributed by atoms with van der Waals surface area (Å²) < 4.78 is 0. The van der Waals surface area contributed by atoms with E-state index in [1.54, 1.807) is 0 Å². The van der Waals surface area contributed by atoms with Crippen LogP contribution in [-0.4, -0.2) is 36.1 Å². The Balaban J connectivity index is 3.50. The van der Waals surface area contributed by atoms with Crippen LogP contribution in [0.5, 0.6) is 0 Å². The molecule has 0 aliphatic heterocycles. The van der Waals surface area contributed by atoms with Gasteiger partial charge < -0.3 is 10.4 Å². The molecule has 0 aliphatic rings. The Morgan fingerprint density at radius 1 is 1.25 bits per heavy atom. The van der Waals surface area contributed by atoms with Gasteiger partial charge in [-0.05, 0) is 13.3 Å². The minimum absolute atomic E-state index is 0.0599. The quantitative estimate of drug-likeness (QED) is 0.511. The molecule has 0 bridgehead atoms. The van der Waals surface area contributed by atoms with Crippen molar-refractivity contribution in [2.75, 3.05) is 13.1 Å². The topological polar surface area (TPSA) is 78.4 Å². The molecule has 5 nitrogen and oxygen atoms in total. The third-order valence-electron chi connectivity index (χ3n) is 2.21. The van der Waals surface area contributed by atoms with Crippen LogP contribution in [0.1, 0.15) is 39.5 Å². The van der Waals surface area contributed by atoms with Gasteiger partial charge in [0.1, 0.15) is 0 Å². The number of amides is 1. The molecule has 0 saturated carbocycles. The summed E-state index contributed by atoms with van der Waals surface area (Å²) in [5, 5.41) is 13.7. The summed E-state index contributed by atoms with van der Waals surface area (Å²) in [4.78, 5) is 21.5. The summed E-state index contributed by atoms with van der Waals surface area (Å²) in [5.41, 5.74) is 0. The monoisotopic (exact) mass is 230 g/mol. The van der Waals surface area contributed by atoms with Gasteiger partial charge in [0.15, 0.2) is 0 Å². The molecule has 1 atom stereocenters. The third-order valence-corrected chi connectivity index (χ3v) is 2.21. The van der Waals surface area contributed by atoms with Crippen LogP contribution in [0.15, 0.2) is 0 Å². The predicted octanol–water partition coefficient (Wildman–Crippen LogP) is 0.746. The lowest BCUT2D eigenvalue weighted by Crippen LogP contribution is -2.40. The zero-order chi connectivity index (χ0) is 12.4. The lowest BCUT2D eigenvalue weighted by molar-refractivity contribution is -0.136. The van der Waals surface area contributed by atoms with Gasteiger partial charge in [0.2, 0.25) is 5.91 Å². The van der Waals surface area contributed by atoms with E-state index < -0.39 is 5.97 Å². The summed E-state index contributed by atoms with van der Waals surface area (Å²) in [6.45, 7) is 3.98. The SMILES string of the molecule is CCCCCC(C)NC(=O)CNCC(=O)O. The van der Waals surface area contributed by atoms with Crippen molar-refractivity contribution in [2.24, 2.45) is 0 Å². The van der Waals surface area contributed by atoms with E-state index in [4.69, 9.17) is 5.11 Å².